The number of hydrogen-bond acceptors (Lipinski definition) is 4. The van der Waals surface area contributed by atoms with Crippen LogP contribution in [0.3, 0.4) is 0 Å². The van der Waals surface area contributed by atoms with E-state index in [1.165, 1.54) is 12.8 Å². The highest BCUT2D eigenvalue weighted by Gasteiger charge is 2.42. The van der Waals surface area contributed by atoms with Gasteiger partial charge in [-0.05, 0) is 25.7 Å². The second-order valence-electron chi connectivity index (χ2n) is 7.32. The topological polar surface area (TPSA) is 45.1 Å². The molecule has 0 aromatic carbocycles. The first-order valence-corrected chi connectivity index (χ1v) is 8.15. The van der Waals surface area contributed by atoms with Gasteiger partial charge in [0.15, 0.2) is 0 Å². The molecule has 2 bridgehead atoms. The maximum atomic E-state index is 10.8. The van der Waals surface area contributed by atoms with Crippen molar-refractivity contribution in [2.75, 3.05) is 0 Å². The third kappa shape index (κ3) is 2.86. The molecule has 3 rings (SSSR count). The molecule has 2 unspecified atom stereocenters. The number of hydrogen-bond donors (Lipinski definition) is 2. The second kappa shape index (κ2) is 4.54. The van der Waals surface area contributed by atoms with E-state index in [0.29, 0.717) is 12.1 Å². The van der Waals surface area contributed by atoms with E-state index in [0.717, 1.165) is 30.0 Å². The Labute approximate surface area is 119 Å². The lowest BCUT2D eigenvalue weighted by Crippen LogP contribution is -2.49. The van der Waals surface area contributed by atoms with E-state index < -0.39 is 5.60 Å². The van der Waals surface area contributed by atoms with Crippen LogP contribution in [0.5, 0.6) is 0 Å². The van der Waals surface area contributed by atoms with E-state index in [-0.39, 0.29) is 5.41 Å². The molecule has 4 heteroatoms. The van der Waals surface area contributed by atoms with E-state index in [4.69, 9.17) is 4.98 Å². The maximum Gasteiger partial charge on any atom is 0.0957 e. The standard InChI is InChI=1S/C15H24N2OS/c1-14(2,3)12-9-19-13(17-12)8-15(18)6-10-4-5-11(7-15)16-10/h9-11,16,18H,4-8H2,1-3H3. The fraction of sp³-hybridized carbons (Fsp3) is 0.800. The highest BCUT2D eigenvalue weighted by atomic mass is 32.1. The van der Waals surface area contributed by atoms with Gasteiger partial charge in [-0.25, -0.2) is 4.98 Å². The van der Waals surface area contributed by atoms with Crippen molar-refractivity contribution in [2.45, 2.75) is 76.0 Å². The molecule has 2 aliphatic heterocycles. The Morgan fingerprint density at radius 2 is 2.00 bits per heavy atom. The number of aromatic nitrogens is 1. The molecule has 0 spiro atoms. The largest absolute Gasteiger partial charge is 0.389 e. The van der Waals surface area contributed by atoms with Gasteiger partial charge < -0.3 is 10.4 Å². The zero-order valence-corrected chi connectivity index (χ0v) is 12.9. The lowest BCUT2D eigenvalue weighted by atomic mass is 9.85. The van der Waals surface area contributed by atoms with E-state index >= 15 is 0 Å². The third-order valence-corrected chi connectivity index (χ3v) is 5.24. The first-order chi connectivity index (χ1) is 8.84. The quantitative estimate of drug-likeness (QED) is 0.875. The zero-order chi connectivity index (χ0) is 13.7. The summed E-state index contributed by atoms with van der Waals surface area (Å²) in [4.78, 5) is 4.73. The van der Waals surface area contributed by atoms with Crippen molar-refractivity contribution in [3.05, 3.63) is 16.1 Å². The molecule has 1 aromatic rings. The Kier molecular flexibility index (Phi) is 3.23. The minimum Gasteiger partial charge on any atom is -0.389 e. The van der Waals surface area contributed by atoms with Gasteiger partial charge in [0, 0.05) is 29.3 Å². The Bertz CT molecular complexity index is 451. The van der Waals surface area contributed by atoms with Gasteiger partial charge in [0.2, 0.25) is 0 Å². The Balaban J connectivity index is 1.72. The molecule has 0 saturated carbocycles. The molecule has 106 valence electrons. The van der Waals surface area contributed by atoms with Crippen molar-refractivity contribution < 1.29 is 5.11 Å². The predicted octanol–water partition coefficient (Wildman–Crippen LogP) is 2.63. The van der Waals surface area contributed by atoms with Gasteiger partial charge in [0.1, 0.15) is 0 Å². The van der Waals surface area contributed by atoms with Crippen molar-refractivity contribution >= 4 is 11.3 Å². The molecule has 3 nitrogen and oxygen atoms in total. The highest BCUT2D eigenvalue weighted by molar-refractivity contribution is 7.09. The lowest BCUT2D eigenvalue weighted by Gasteiger charge is -2.36. The summed E-state index contributed by atoms with van der Waals surface area (Å²) < 4.78 is 0. The summed E-state index contributed by atoms with van der Waals surface area (Å²) in [6.45, 7) is 6.56. The fourth-order valence-electron chi connectivity index (χ4n) is 3.39. The summed E-state index contributed by atoms with van der Waals surface area (Å²) >= 11 is 1.70. The van der Waals surface area contributed by atoms with Crippen LogP contribution < -0.4 is 5.32 Å². The van der Waals surface area contributed by atoms with Crippen LogP contribution in [0, 0.1) is 0 Å². The van der Waals surface area contributed by atoms with Crippen molar-refractivity contribution in [3.63, 3.8) is 0 Å². The van der Waals surface area contributed by atoms with E-state index in [1.807, 2.05) is 0 Å². The Hall–Kier alpha value is -0.450. The lowest BCUT2D eigenvalue weighted by molar-refractivity contribution is -0.00616. The summed E-state index contributed by atoms with van der Waals surface area (Å²) in [6.07, 6.45) is 4.93. The van der Waals surface area contributed by atoms with Crippen LogP contribution in [0.4, 0.5) is 0 Å². The summed E-state index contributed by atoms with van der Waals surface area (Å²) in [5, 5.41) is 17.7. The van der Waals surface area contributed by atoms with Crippen molar-refractivity contribution in [1.29, 1.82) is 0 Å². The molecule has 2 saturated heterocycles. The van der Waals surface area contributed by atoms with E-state index in [1.54, 1.807) is 11.3 Å². The Morgan fingerprint density at radius 1 is 1.37 bits per heavy atom. The first kappa shape index (κ1) is 13.5. The zero-order valence-electron chi connectivity index (χ0n) is 12.1. The van der Waals surface area contributed by atoms with Crippen LogP contribution in [0.2, 0.25) is 0 Å². The van der Waals surface area contributed by atoms with Crippen LogP contribution in [-0.2, 0) is 11.8 Å². The number of fused-ring (bicyclic) bond motifs is 2. The van der Waals surface area contributed by atoms with Gasteiger partial charge >= 0.3 is 0 Å². The van der Waals surface area contributed by atoms with Gasteiger partial charge in [-0.2, -0.15) is 0 Å². The van der Waals surface area contributed by atoms with Crippen LogP contribution in [0.25, 0.3) is 0 Å². The van der Waals surface area contributed by atoms with Gasteiger partial charge in [0.25, 0.3) is 0 Å². The molecule has 0 radical (unpaired) electrons. The second-order valence-corrected chi connectivity index (χ2v) is 8.27. The van der Waals surface area contributed by atoms with Gasteiger partial charge in [-0.3, -0.25) is 0 Å². The smallest absolute Gasteiger partial charge is 0.0957 e. The number of aliphatic hydroxyl groups is 1. The van der Waals surface area contributed by atoms with Crippen LogP contribution in [0.15, 0.2) is 5.38 Å². The van der Waals surface area contributed by atoms with Crippen molar-refractivity contribution in [1.82, 2.24) is 10.3 Å². The van der Waals surface area contributed by atoms with Crippen molar-refractivity contribution in [3.8, 4) is 0 Å². The molecule has 19 heavy (non-hydrogen) atoms. The number of thiazole rings is 1. The fourth-order valence-corrected chi connectivity index (χ4v) is 4.54. The van der Waals surface area contributed by atoms with Crippen LogP contribution in [-0.4, -0.2) is 27.8 Å². The van der Waals surface area contributed by atoms with Gasteiger partial charge in [0.05, 0.1) is 16.3 Å². The molecular formula is C15H24N2OS. The number of nitrogens with one attached hydrogen (secondary N) is 1. The summed E-state index contributed by atoms with van der Waals surface area (Å²) in [5.41, 5.74) is 0.710. The molecule has 2 N–H and O–H groups in total. The van der Waals surface area contributed by atoms with E-state index in [2.05, 4.69) is 31.5 Å². The molecule has 1 aromatic heterocycles. The monoisotopic (exact) mass is 280 g/mol. The normalized spacial score (nSPS) is 34.7. The number of piperidine rings is 1. The minimum atomic E-state index is -0.538. The highest BCUT2D eigenvalue weighted by Crippen LogP contribution is 2.37. The average Bonchev–Trinajstić information content (AvgIpc) is 2.84. The molecule has 2 aliphatic rings. The van der Waals surface area contributed by atoms with Gasteiger partial charge in [-0.15, -0.1) is 11.3 Å². The average molecular weight is 280 g/mol. The molecule has 2 fully saturated rings. The first-order valence-electron chi connectivity index (χ1n) is 7.27. The molecule has 0 aliphatic carbocycles. The predicted molar refractivity (Wildman–Crippen MR) is 78.6 cm³/mol. The molecule has 2 atom stereocenters. The minimum absolute atomic E-state index is 0.102. The molecular weight excluding hydrogens is 256 g/mol. The number of nitrogens with zero attached hydrogens (tertiary/aromatic N) is 1. The SMILES string of the molecule is CC(C)(C)c1csc(CC2(O)CC3CCC(C2)N3)n1. The number of rotatable bonds is 2. The molecule has 0 amide bonds. The van der Waals surface area contributed by atoms with Crippen LogP contribution in [0.1, 0.15) is 57.2 Å². The summed E-state index contributed by atoms with van der Waals surface area (Å²) in [5.74, 6) is 0. The third-order valence-electron chi connectivity index (χ3n) is 4.39. The maximum absolute atomic E-state index is 10.8. The van der Waals surface area contributed by atoms with Gasteiger partial charge in [-0.1, -0.05) is 20.8 Å². The summed E-state index contributed by atoms with van der Waals surface area (Å²) in [7, 11) is 0. The summed E-state index contributed by atoms with van der Waals surface area (Å²) in [6, 6.07) is 1.04. The Morgan fingerprint density at radius 3 is 2.53 bits per heavy atom. The molecule has 3 heterocycles. The van der Waals surface area contributed by atoms with Crippen molar-refractivity contribution in [2.24, 2.45) is 0 Å². The van der Waals surface area contributed by atoms with E-state index in [9.17, 15) is 5.11 Å². The van der Waals surface area contributed by atoms with Crippen LogP contribution >= 0.6 is 11.3 Å².